The molecule has 0 radical (unpaired) electrons. The Morgan fingerprint density at radius 3 is 2.89 bits per heavy atom. The molecule has 0 fully saturated rings. The fraction of sp³-hybridized carbons (Fsp3) is 0.231. The highest BCUT2D eigenvalue weighted by atomic mass is 16.1. The maximum atomic E-state index is 11.0. The molecule has 1 aromatic carbocycles. The minimum atomic E-state index is -0.479. The van der Waals surface area contributed by atoms with Gasteiger partial charge in [0.15, 0.2) is 0 Å². The zero-order chi connectivity index (χ0) is 13.1. The summed E-state index contributed by atoms with van der Waals surface area (Å²) in [6.07, 6.45) is 3.88. The van der Waals surface area contributed by atoms with Gasteiger partial charge in [0.2, 0.25) is 0 Å². The molecule has 0 aliphatic heterocycles. The van der Waals surface area contributed by atoms with E-state index >= 15 is 0 Å². The summed E-state index contributed by atoms with van der Waals surface area (Å²) in [5.41, 5.74) is 13.4. The molecule has 18 heavy (non-hydrogen) atoms. The largest absolute Gasteiger partial charge is 0.366 e. The van der Waals surface area contributed by atoms with Gasteiger partial charge in [-0.3, -0.25) is 4.79 Å². The number of aromatic nitrogens is 2. The van der Waals surface area contributed by atoms with E-state index in [1.54, 1.807) is 10.9 Å². The Bertz CT molecular complexity index is 560. The topological polar surface area (TPSA) is 86.9 Å². The van der Waals surface area contributed by atoms with Crippen LogP contribution in [0.3, 0.4) is 0 Å². The molecule has 1 aromatic heterocycles. The van der Waals surface area contributed by atoms with Gasteiger partial charge < -0.3 is 11.5 Å². The van der Waals surface area contributed by atoms with Crippen molar-refractivity contribution in [2.75, 3.05) is 0 Å². The van der Waals surface area contributed by atoms with Crippen LogP contribution in [0.2, 0.25) is 0 Å². The Labute approximate surface area is 105 Å². The highest BCUT2D eigenvalue weighted by molar-refractivity contribution is 5.92. The van der Waals surface area contributed by atoms with Crippen molar-refractivity contribution in [2.45, 2.75) is 19.4 Å². The summed E-state index contributed by atoms with van der Waals surface area (Å²) in [7, 11) is 0. The first-order valence-electron chi connectivity index (χ1n) is 5.75. The molecule has 4 N–H and O–H groups in total. The Morgan fingerprint density at radius 1 is 1.50 bits per heavy atom. The van der Waals surface area contributed by atoms with Gasteiger partial charge in [0.05, 0.1) is 17.4 Å². The zero-order valence-corrected chi connectivity index (χ0v) is 10.2. The maximum absolute atomic E-state index is 11.0. The molecule has 0 saturated carbocycles. The first-order valence-corrected chi connectivity index (χ1v) is 5.75. The molecule has 0 spiro atoms. The van der Waals surface area contributed by atoms with Crippen LogP contribution in [0.1, 0.15) is 22.8 Å². The lowest BCUT2D eigenvalue weighted by atomic mass is 10.1. The SMILES string of the molecule is CC(N)Cc1cccc(-n2cc(C(N)=O)cn2)c1. The monoisotopic (exact) mass is 244 g/mol. The first-order chi connectivity index (χ1) is 8.56. The van der Waals surface area contributed by atoms with Crippen molar-refractivity contribution >= 4 is 5.91 Å². The fourth-order valence-corrected chi connectivity index (χ4v) is 1.79. The summed E-state index contributed by atoms with van der Waals surface area (Å²) >= 11 is 0. The Balaban J connectivity index is 2.29. The standard InChI is InChI=1S/C13H16N4O/c1-9(14)5-10-3-2-4-12(6-10)17-8-11(7-16-17)13(15)18/h2-4,6-9H,5,14H2,1H3,(H2,15,18). The van der Waals surface area contributed by atoms with Crippen LogP contribution >= 0.6 is 0 Å². The van der Waals surface area contributed by atoms with Gasteiger partial charge in [0.1, 0.15) is 0 Å². The lowest BCUT2D eigenvalue weighted by Crippen LogP contribution is -2.17. The molecular weight excluding hydrogens is 228 g/mol. The number of primary amides is 1. The molecule has 5 nitrogen and oxygen atoms in total. The number of hydrogen-bond acceptors (Lipinski definition) is 3. The molecule has 2 aromatic rings. The second-order valence-electron chi connectivity index (χ2n) is 4.39. The molecule has 1 atom stereocenters. The first kappa shape index (κ1) is 12.3. The van der Waals surface area contributed by atoms with Crippen LogP contribution in [0.25, 0.3) is 5.69 Å². The lowest BCUT2D eigenvalue weighted by Gasteiger charge is -2.07. The molecule has 2 rings (SSSR count). The predicted octanol–water partition coefficient (Wildman–Crippen LogP) is 0.861. The molecule has 1 unspecified atom stereocenters. The Kier molecular flexibility index (Phi) is 3.43. The number of benzene rings is 1. The summed E-state index contributed by atoms with van der Waals surface area (Å²) in [5, 5.41) is 4.11. The third-order valence-corrected chi connectivity index (χ3v) is 2.60. The summed E-state index contributed by atoms with van der Waals surface area (Å²) in [5.74, 6) is -0.479. The molecule has 0 saturated heterocycles. The molecule has 0 aliphatic rings. The van der Waals surface area contributed by atoms with E-state index in [1.165, 1.54) is 6.20 Å². The molecule has 1 heterocycles. The number of rotatable bonds is 4. The number of amides is 1. The third kappa shape index (κ3) is 2.75. The van der Waals surface area contributed by atoms with E-state index in [4.69, 9.17) is 11.5 Å². The van der Waals surface area contributed by atoms with Crippen LogP contribution in [-0.2, 0) is 6.42 Å². The molecular formula is C13H16N4O. The second-order valence-corrected chi connectivity index (χ2v) is 4.39. The summed E-state index contributed by atoms with van der Waals surface area (Å²) in [6.45, 7) is 1.96. The fourth-order valence-electron chi connectivity index (χ4n) is 1.79. The summed E-state index contributed by atoms with van der Waals surface area (Å²) < 4.78 is 1.63. The van der Waals surface area contributed by atoms with Crippen molar-refractivity contribution in [3.63, 3.8) is 0 Å². The van der Waals surface area contributed by atoms with Crippen molar-refractivity contribution in [1.82, 2.24) is 9.78 Å². The maximum Gasteiger partial charge on any atom is 0.251 e. The Morgan fingerprint density at radius 2 is 2.28 bits per heavy atom. The highest BCUT2D eigenvalue weighted by Gasteiger charge is 2.06. The van der Waals surface area contributed by atoms with Gasteiger partial charge in [-0.25, -0.2) is 4.68 Å². The summed E-state index contributed by atoms with van der Waals surface area (Å²) in [4.78, 5) is 11.0. The smallest absolute Gasteiger partial charge is 0.251 e. The van der Waals surface area contributed by atoms with Gasteiger partial charge in [-0.1, -0.05) is 12.1 Å². The summed E-state index contributed by atoms with van der Waals surface area (Å²) in [6, 6.07) is 7.99. The quantitative estimate of drug-likeness (QED) is 0.836. The molecule has 1 amide bonds. The number of nitrogens with two attached hydrogens (primary N) is 2. The third-order valence-electron chi connectivity index (χ3n) is 2.60. The van der Waals surface area contributed by atoms with Crippen molar-refractivity contribution < 1.29 is 4.79 Å². The molecule has 94 valence electrons. The minimum absolute atomic E-state index is 0.110. The van der Waals surface area contributed by atoms with Crippen LogP contribution in [0.15, 0.2) is 36.7 Å². The molecule has 0 bridgehead atoms. The molecule has 0 aliphatic carbocycles. The second kappa shape index (κ2) is 5.01. The van der Waals surface area contributed by atoms with E-state index in [0.29, 0.717) is 5.56 Å². The van der Waals surface area contributed by atoms with E-state index in [0.717, 1.165) is 17.7 Å². The average Bonchev–Trinajstić information content (AvgIpc) is 2.77. The van der Waals surface area contributed by atoms with Crippen molar-refractivity contribution in [3.05, 3.63) is 47.8 Å². The predicted molar refractivity (Wildman–Crippen MR) is 69.4 cm³/mol. The van der Waals surface area contributed by atoms with E-state index in [9.17, 15) is 4.79 Å². The van der Waals surface area contributed by atoms with E-state index in [-0.39, 0.29) is 6.04 Å². The van der Waals surface area contributed by atoms with Crippen LogP contribution in [0, 0.1) is 0 Å². The van der Waals surface area contributed by atoms with Gasteiger partial charge in [-0.15, -0.1) is 0 Å². The highest BCUT2D eigenvalue weighted by Crippen LogP contribution is 2.12. The normalized spacial score (nSPS) is 12.3. The Hall–Kier alpha value is -2.14. The number of carbonyl (C=O) groups is 1. The van der Waals surface area contributed by atoms with Gasteiger partial charge in [0.25, 0.3) is 5.91 Å². The van der Waals surface area contributed by atoms with E-state index in [1.807, 2.05) is 31.2 Å². The molecule has 5 heteroatoms. The number of carbonyl (C=O) groups excluding carboxylic acids is 1. The van der Waals surface area contributed by atoms with Gasteiger partial charge >= 0.3 is 0 Å². The van der Waals surface area contributed by atoms with E-state index < -0.39 is 5.91 Å². The van der Waals surface area contributed by atoms with Gasteiger partial charge in [0, 0.05) is 12.2 Å². The van der Waals surface area contributed by atoms with E-state index in [2.05, 4.69) is 5.10 Å². The minimum Gasteiger partial charge on any atom is -0.366 e. The number of nitrogens with zero attached hydrogens (tertiary/aromatic N) is 2. The van der Waals surface area contributed by atoms with Crippen molar-refractivity contribution in [1.29, 1.82) is 0 Å². The number of hydrogen-bond donors (Lipinski definition) is 2. The van der Waals surface area contributed by atoms with Crippen molar-refractivity contribution in [2.24, 2.45) is 11.5 Å². The average molecular weight is 244 g/mol. The zero-order valence-electron chi connectivity index (χ0n) is 10.2. The van der Waals surface area contributed by atoms with Gasteiger partial charge in [-0.05, 0) is 31.0 Å². The van der Waals surface area contributed by atoms with Gasteiger partial charge in [-0.2, -0.15) is 5.10 Å². The van der Waals surface area contributed by atoms with Crippen molar-refractivity contribution in [3.8, 4) is 5.69 Å². The van der Waals surface area contributed by atoms with Crippen LogP contribution < -0.4 is 11.5 Å². The van der Waals surface area contributed by atoms with Crippen LogP contribution in [0.4, 0.5) is 0 Å². The van der Waals surface area contributed by atoms with Crippen LogP contribution in [0.5, 0.6) is 0 Å². The van der Waals surface area contributed by atoms with Crippen LogP contribution in [-0.4, -0.2) is 21.7 Å². The lowest BCUT2D eigenvalue weighted by molar-refractivity contribution is 0.100.